The van der Waals surface area contributed by atoms with Crippen LogP contribution in [0.4, 0.5) is 9.18 Å². The molecule has 1 amide bonds. The third-order valence-electron chi connectivity index (χ3n) is 3.05. The zero-order valence-corrected chi connectivity index (χ0v) is 13.2. The molecule has 0 unspecified atom stereocenters. The van der Waals surface area contributed by atoms with Gasteiger partial charge in [0.05, 0.1) is 5.02 Å². The van der Waals surface area contributed by atoms with E-state index in [1.807, 2.05) is 36.4 Å². The summed E-state index contributed by atoms with van der Waals surface area (Å²) in [6, 6.07) is 13.7. The molecule has 3 nitrogen and oxygen atoms in total. The largest absolute Gasteiger partial charge is 0.445 e. The van der Waals surface area contributed by atoms with Gasteiger partial charge in [-0.15, -0.1) is 0 Å². The van der Waals surface area contributed by atoms with Crippen LogP contribution >= 0.6 is 11.6 Å². The fourth-order valence-corrected chi connectivity index (χ4v) is 2.11. The monoisotopic (exact) mass is 333 g/mol. The summed E-state index contributed by atoms with van der Waals surface area (Å²) < 4.78 is 18.0. The Labute approximate surface area is 139 Å². The maximum absolute atomic E-state index is 12.9. The molecule has 2 aromatic carbocycles. The molecule has 2 rings (SSSR count). The maximum Gasteiger partial charge on any atom is 0.407 e. The number of ether oxygens (including phenoxy) is 1. The van der Waals surface area contributed by atoms with Gasteiger partial charge < -0.3 is 10.1 Å². The molecule has 23 heavy (non-hydrogen) atoms. The summed E-state index contributed by atoms with van der Waals surface area (Å²) in [6.45, 7) is 0.691. The lowest BCUT2D eigenvalue weighted by Gasteiger charge is -2.06. The Hall–Kier alpha value is -2.33. The lowest BCUT2D eigenvalue weighted by molar-refractivity contribution is 0.140. The normalized spacial score (nSPS) is 10.7. The number of carbonyl (C=O) groups excluding carboxylic acids is 1. The van der Waals surface area contributed by atoms with Crippen molar-refractivity contribution in [1.82, 2.24) is 5.32 Å². The van der Waals surface area contributed by atoms with Gasteiger partial charge >= 0.3 is 6.09 Å². The first-order chi connectivity index (χ1) is 11.1. The van der Waals surface area contributed by atoms with Gasteiger partial charge in [-0.05, 0) is 29.7 Å². The van der Waals surface area contributed by atoms with Crippen molar-refractivity contribution in [2.75, 3.05) is 6.54 Å². The molecule has 0 aliphatic carbocycles. The minimum Gasteiger partial charge on any atom is -0.445 e. The van der Waals surface area contributed by atoms with Crippen LogP contribution in [0.1, 0.15) is 17.5 Å². The fourth-order valence-electron chi connectivity index (χ4n) is 1.88. The van der Waals surface area contributed by atoms with Crippen LogP contribution < -0.4 is 5.32 Å². The molecule has 0 atom stereocenters. The van der Waals surface area contributed by atoms with E-state index in [1.165, 1.54) is 12.1 Å². The number of hydrogen-bond donors (Lipinski definition) is 1. The number of rotatable bonds is 6. The number of hydrogen-bond acceptors (Lipinski definition) is 2. The second kappa shape index (κ2) is 8.96. The van der Waals surface area contributed by atoms with E-state index >= 15 is 0 Å². The molecule has 0 fully saturated rings. The predicted molar refractivity (Wildman–Crippen MR) is 89.7 cm³/mol. The van der Waals surface area contributed by atoms with Crippen LogP contribution in [0.25, 0.3) is 6.08 Å². The lowest BCUT2D eigenvalue weighted by atomic mass is 10.2. The van der Waals surface area contributed by atoms with Gasteiger partial charge in [-0.3, -0.25) is 0 Å². The van der Waals surface area contributed by atoms with Crippen LogP contribution in [-0.2, 0) is 11.3 Å². The number of alkyl carbamates (subject to hydrolysis) is 1. The molecule has 5 heteroatoms. The van der Waals surface area contributed by atoms with Gasteiger partial charge in [0, 0.05) is 6.54 Å². The van der Waals surface area contributed by atoms with E-state index in [0.29, 0.717) is 18.0 Å². The Balaban J connectivity index is 1.66. The molecule has 2 aromatic rings. The van der Waals surface area contributed by atoms with E-state index in [0.717, 1.165) is 11.1 Å². The van der Waals surface area contributed by atoms with Crippen molar-refractivity contribution in [1.29, 1.82) is 0 Å². The quantitative estimate of drug-likeness (QED) is 0.770. The second-order valence-corrected chi connectivity index (χ2v) is 5.25. The molecule has 0 aliphatic rings. The predicted octanol–water partition coefficient (Wildman–Crippen LogP) is 4.81. The Morgan fingerprint density at radius 1 is 1.22 bits per heavy atom. The van der Waals surface area contributed by atoms with Gasteiger partial charge in [0.2, 0.25) is 0 Å². The Morgan fingerprint density at radius 2 is 2.00 bits per heavy atom. The summed E-state index contributed by atoms with van der Waals surface area (Å²) in [7, 11) is 0. The van der Waals surface area contributed by atoms with Crippen molar-refractivity contribution < 1.29 is 13.9 Å². The van der Waals surface area contributed by atoms with E-state index < -0.39 is 6.09 Å². The SMILES string of the molecule is O=C(NCCC=Cc1ccc(F)cc1Cl)OCc1ccccc1. The van der Waals surface area contributed by atoms with Crippen molar-refractivity contribution in [3.8, 4) is 0 Å². The minimum absolute atomic E-state index is 0.244. The topological polar surface area (TPSA) is 38.3 Å². The van der Waals surface area contributed by atoms with E-state index in [2.05, 4.69) is 5.32 Å². The summed E-state index contributed by atoms with van der Waals surface area (Å²) in [5, 5.41) is 3.02. The molecule has 0 aromatic heterocycles. The molecular formula is C18H17ClFNO2. The summed E-state index contributed by atoms with van der Waals surface area (Å²) in [5.41, 5.74) is 1.67. The standard InChI is InChI=1S/C18H17ClFNO2/c19-17-12-16(20)10-9-15(17)8-4-5-11-21-18(22)23-13-14-6-2-1-3-7-14/h1-4,6-10,12H,5,11,13H2,(H,21,22). The van der Waals surface area contributed by atoms with Crippen molar-refractivity contribution in [2.45, 2.75) is 13.0 Å². The second-order valence-electron chi connectivity index (χ2n) is 4.85. The molecule has 0 saturated heterocycles. The Morgan fingerprint density at radius 3 is 2.74 bits per heavy atom. The molecule has 0 saturated carbocycles. The molecular weight excluding hydrogens is 317 g/mol. The molecule has 0 radical (unpaired) electrons. The van der Waals surface area contributed by atoms with Crippen LogP contribution in [0.5, 0.6) is 0 Å². The lowest BCUT2D eigenvalue weighted by Crippen LogP contribution is -2.24. The van der Waals surface area contributed by atoms with Gasteiger partial charge in [0.15, 0.2) is 0 Å². The molecule has 1 N–H and O–H groups in total. The van der Waals surface area contributed by atoms with Crippen molar-refractivity contribution >= 4 is 23.8 Å². The van der Waals surface area contributed by atoms with Gasteiger partial charge in [-0.2, -0.15) is 0 Å². The summed E-state index contributed by atoms with van der Waals surface area (Å²) >= 11 is 5.91. The van der Waals surface area contributed by atoms with Gasteiger partial charge in [-0.25, -0.2) is 9.18 Å². The number of nitrogens with one attached hydrogen (secondary N) is 1. The number of amides is 1. The van der Waals surface area contributed by atoms with E-state index in [1.54, 1.807) is 12.1 Å². The summed E-state index contributed by atoms with van der Waals surface area (Å²) in [5.74, 6) is -0.366. The van der Waals surface area contributed by atoms with Gasteiger partial charge in [0.1, 0.15) is 12.4 Å². The first kappa shape index (κ1) is 17.0. The summed E-state index contributed by atoms with van der Waals surface area (Å²) in [4.78, 5) is 11.5. The first-order valence-corrected chi connectivity index (χ1v) is 7.59. The van der Waals surface area contributed by atoms with Crippen molar-refractivity contribution in [2.24, 2.45) is 0 Å². The average molecular weight is 334 g/mol. The fraction of sp³-hybridized carbons (Fsp3) is 0.167. The third kappa shape index (κ3) is 6.12. The van der Waals surface area contributed by atoms with Crippen molar-refractivity contribution in [3.63, 3.8) is 0 Å². The van der Waals surface area contributed by atoms with E-state index in [-0.39, 0.29) is 12.4 Å². The molecule has 0 heterocycles. The van der Waals surface area contributed by atoms with Crippen LogP contribution in [0, 0.1) is 5.82 Å². The zero-order chi connectivity index (χ0) is 16.5. The maximum atomic E-state index is 12.9. The molecule has 120 valence electrons. The van der Waals surface area contributed by atoms with Gasteiger partial charge in [-0.1, -0.05) is 60.2 Å². The average Bonchev–Trinajstić information content (AvgIpc) is 2.55. The highest BCUT2D eigenvalue weighted by Gasteiger charge is 2.01. The third-order valence-corrected chi connectivity index (χ3v) is 3.38. The number of halogens is 2. The Kier molecular flexibility index (Phi) is 6.63. The molecule has 0 spiro atoms. The van der Waals surface area contributed by atoms with Crippen LogP contribution in [0.3, 0.4) is 0 Å². The van der Waals surface area contributed by atoms with Crippen LogP contribution in [0.15, 0.2) is 54.6 Å². The van der Waals surface area contributed by atoms with Crippen molar-refractivity contribution in [3.05, 3.63) is 76.6 Å². The van der Waals surface area contributed by atoms with Gasteiger partial charge in [0.25, 0.3) is 0 Å². The highest BCUT2D eigenvalue weighted by molar-refractivity contribution is 6.32. The highest BCUT2D eigenvalue weighted by atomic mass is 35.5. The zero-order valence-electron chi connectivity index (χ0n) is 12.5. The Bertz CT molecular complexity index is 674. The minimum atomic E-state index is -0.456. The van der Waals surface area contributed by atoms with Crippen LogP contribution in [-0.4, -0.2) is 12.6 Å². The summed E-state index contributed by atoms with van der Waals surface area (Å²) in [6.07, 6.45) is 3.81. The molecule has 0 bridgehead atoms. The van der Waals surface area contributed by atoms with Crippen LogP contribution in [0.2, 0.25) is 5.02 Å². The molecule has 0 aliphatic heterocycles. The smallest absolute Gasteiger partial charge is 0.407 e. The van der Waals surface area contributed by atoms with E-state index in [4.69, 9.17) is 16.3 Å². The first-order valence-electron chi connectivity index (χ1n) is 7.21. The number of benzene rings is 2. The number of carbonyl (C=O) groups is 1. The van der Waals surface area contributed by atoms with E-state index in [9.17, 15) is 9.18 Å². The highest BCUT2D eigenvalue weighted by Crippen LogP contribution is 2.18.